The van der Waals surface area contributed by atoms with E-state index >= 15 is 0 Å². The molecule has 6 heteroatoms. The highest BCUT2D eigenvalue weighted by molar-refractivity contribution is 7.18. The van der Waals surface area contributed by atoms with Crippen LogP contribution in [0.25, 0.3) is 10.2 Å². The van der Waals surface area contributed by atoms with E-state index in [1.165, 1.54) is 11.3 Å². The van der Waals surface area contributed by atoms with Gasteiger partial charge in [-0.1, -0.05) is 0 Å². The van der Waals surface area contributed by atoms with Gasteiger partial charge in [-0.05, 0) is 13.0 Å². The van der Waals surface area contributed by atoms with Crippen molar-refractivity contribution in [3.05, 3.63) is 26.9 Å². The molecule has 0 aromatic carbocycles. The fraction of sp³-hybridized carbons (Fsp3) is 0.200. The predicted octanol–water partition coefficient (Wildman–Crippen LogP) is 1.39. The average molecular weight is 239 g/mol. The Bertz CT molecular complexity index is 626. The smallest absolute Gasteiger partial charge is 0.347 e. The number of H-pyrrole nitrogens is 1. The molecule has 0 amide bonds. The molecule has 0 aliphatic rings. The van der Waals surface area contributed by atoms with Crippen molar-refractivity contribution < 1.29 is 14.6 Å². The normalized spacial score (nSPS) is 10.6. The zero-order valence-electron chi connectivity index (χ0n) is 8.66. The van der Waals surface area contributed by atoms with Gasteiger partial charge in [0, 0.05) is 4.88 Å². The van der Waals surface area contributed by atoms with Crippen LogP contribution < -0.4 is 5.56 Å². The van der Waals surface area contributed by atoms with Gasteiger partial charge in [0.15, 0.2) is 5.56 Å². The van der Waals surface area contributed by atoms with Crippen molar-refractivity contribution in [1.82, 2.24) is 4.98 Å². The topological polar surface area (TPSA) is 79.4 Å². The molecule has 0 radical (unpaired) electrons. The molecular formula is C10H9NO4S. The van der Waals surface area contributed by atoms with E-state index in [9.17, 15) is 14.7 Å². The first-order valence-electron chi connectivity index (χ1n) is 4.48. The first-order chi connectivity index (χ1) is 7.54. The van der Waals surface area contributed by atoms with Crippen molar-refractivity contribution in [3.63, 3.8) is 0 Å². The molecule has 16 heavy (non-hydrogen) atoms. The summed E-state index contributed by atoms with van der Waals surface area (Å²) in [6.45, 7) is 1.85. The van der Waals surface area contributed by atoms with Crippen LogP contribution >= 0.6 is 11.3 Å². The number of thiophene rings is 1. The zero-order chi connectivity index (χ0) is 11.9. The van der Waals surface area contributed by atoms with Crippen LogP contribution in [0, 0.1) is 6.92 Å². The van der Waals surface area contributed by atoms with E-state index in [1.54, 1.807) is 6.07 Å². The quantitative estimate of drug-likeness (QED) is 0.737. The lowest BCUT2D eigenvalue weighted by Crippen LogP contribution is -2.18. The van der Waals surface area contributed by atoms with Crippen LogP contribution in [0.15, 0.2) is 10.9 Å². The van der Waals surface area contributed by atoms with Gasteiger partial charge in [-0.2, -0.15) is 0 Å². The molecule has 2 N–H and O–H groups in total. The minimum absolute atomic E-state index is 0.324. The molecule has 0 fully saturated rings. The molecule has 0 aliphatic carbocycles. The molecule has 84 valence electrons. The second kappa shape index (κ2) is 3.64. The molecule has 2 aromatic heterocycles. The van der Waals surface area contributed by atoms with Gasteiger partial charge in [-0.3, -0.25) is 4.79 Å². The third-order valence-electron chi connectivity index (χ3n) is 2.19. The van der Waals surface area contributed by atoms with Gasteiger partial charge in [0.2, 0.25) is 0 Å². The van der Waals surface area contributed by atoms with Crippen LogP contribution in [0.4, 0.5) is 0 Å². The first-order valence-corrected chi connectivity index (χ1v) is 5.30. The summed E-state index contributed by atoms with van der Waals surface area (Å²) < 4.78 is 4.44. The number of hydrogen-bond acceptors (Lipinski definition) is 5. The third kappa shape index (κ3) is 1.47. The lowest BCUT2D eigenvalue weighted by molar-refractivity contribution is 0.0595. The maximum absolute atomic E-state index is 11.6. The van der Waals surface area contributed by atoms with E-state index < -0.39 is 11.5 Å². The Morgan fingerprint density at radius 2 is 2.25 bits per heavy atom. The molecule has 0 atom stereocenters. The number of nitrogens with one attached hydrogen (secondary N) is 1. The van der Waals surface area contributed by atoms with Crippen LogP contribution in [0.3, 0.4) is 0 Å². The summed E-state index contributed by atoms with van der Waals surface area (Å²) in [7, 11) is 1.16. The summed E-state index contributed by atoms with van der Waals surface area (Å²) >= 11 is 1.34. The molecule has 2 aromatic rings. The van der Waals surface area contributed by atoms with E-state index in [4.69, 9.17) is 0 Å². The number of carbonyl (C=O) groups is 1. The van der Waals surface area contributed by atoms with Crippen LogP contribution in [0.1, 0.15) is 15.2 Å². The number of hydrogen-bond donors (Lipinski definition) is 2. The Morgan fingerprint density at radius 1 is 1.56 bits per heavy atom. The maximum Gasteiger partial charge on any atom is 0.347 e. The van der Waals surface area contributed by atoms with E-state index in [1.807, 2.05) is 6.92 Å². The number of fused-ring (bicyclic) bond motifs is 1. The van der Waals surface area contributed by atoms with E-state index in [2.05, 4.69) is 9.72 Å². The number of aromatic nitrogens is 1. The van der Waals surface area contributed by atoms with Crippen molar-refractivity contribution in [2.45, 2.75) is 6.92 Å². The summed E-state index contributed by atoms with van der Waals surface area (Å²) in [6.07, 6.45) is 0. The molecule has 2 rings (SSSR count). The molecular weight excluding hydrogens is 230 g/mol. The molecule has 0 bridgehead atoms. The first kappa shape index (κ1) is 10.7. The predicted molar refractivity (Wildman–Crippen MR) is 60.2 cm³/mol. The Labute approximate surface area is 94.3 Å². The number of aryl methyl sites for hydroxylation is 1. The highest BCUT2D eigenvalue weighted by Gasteiger charge is 2.20. The molecule has 2 heterocycles. The van der Waals surface area contributed by atoms with Gasteiger partial charge >= 0.3 is 5.97 Å². The Balaban J connectivity index is 2.85. The number of esters is 1. The fourth-order valence-electron chi connectivity index (χ4n) is 1.48. The van der Waals surface area contributed by atoms with E-state index in [0.717, 1.165) is 12.0 Å². The minimum atomic E-state index is -0.843. The second-order valence-corrected chi connectivity index (χ2v) is 4.53. The number of pyridine rings is 1. The number of rotatable bonds is 1. The molecule has 5 nitrogen and oxygen atoms in total. The summed E-state index contributed by atoms with van der Waals surface area (Å²) in [5, 5.41) is 10.3. The second-order valence-electron chi connectivity index (χ2n) is 3.27. The van der Waals surface area contributed by atoms with E-state index in [-0.39, 0.29) is 11.3 Å². The number of aromatic hydroxyl groups is 1. The number of carbonyl (C=O) groups excluding carboxylic acids is 1. The summed E-state index contributed by atoms with van der Waals surface area (Å²) in [5.74, 6) is -1.17. The molecule has 0 spiro atoms. The minimum Gasteiger partial charge on any atom is -0.506 e. The number of aromatic amines is 1. The highest BCUT2D eigenvalue weighted by atomic mass is 32.1. The highest BCUT2D eigenvalue weighted by Crippen LogP contribution is 2.31. The molecule has 0 aliphatic heterocycles. The third-order valence-corrected chi connectivity index (χ3v) is 3.16. The van der Waals surface area contributed by atoms with Gasteiger partial charge in [0.25, 0.3) is 5.56 Å². The van der Waals surface area contributed by atoms with Gasteiger partial charge in [0.05, 0.1) is 12.5 Å². The Hall–Kier alpha value is -1.82. The Morgan fingerprint density at radius 3 is 2.88 bits per heavy atom. The monoisotopic (exact) mass is 239 g/mol. The Kier molecular flexibility index (Phi) is 2.43. The summed E-state index contributed by atoms with van der Waals surface area (Å²) in [6, 6.07) is 1.71. The van der Waals surface area contributed by atoms with Crippen LogP contribution in [-0.2, 0) is 4.74 Å². The van der Waals surface area contributed by atoms with Gasteiger partial charge in [-0.25, -0.2) is 4.79 Å². The van der Waals surface area contributed by atoms with Crippen molar-refractivity contribution in [1.29, 1.82) is 0 Å². The lowest BCUT2D eigenvalue weighted by Gasteiger charge is -2.02. The van der Waals surface area contributed by atoms with Crippen molar-refractivity contribution in [2.75, 3.05) is 7.11 Å². The van der Waals surface area contributed by atoms with Gasteiger partial charge in [0.1, 0.15) is 10.6 Å². The lowest BCUT2D eigenvalue weighted by atomic mass is 10.2. The van der Waals surface area contributed by atoms with Gasteiger partial charge < -0.3 is 14.8 Å². The van der Waals surface area contributed by atoms with Gasteiger partial charge in [-0.15, -0.1) is 11.3 Å². The summed E-state index contributed by atoms with van der Waals surface area (Å²) in [5.41, 5.74) is -0.994. The standard InChI is InChI=1S/C10H9NO4S/c1-4-3-5-7(12)6(10(14)15-2)8(13)11-9(5)16-4/h3H,1-2H3,(H2,11,12,13). The maximum atomic E-state index is 11.6. The molecule has 0 saturated carbocycles. The number of methoxy groups -OCH3 is 1. The largest absolute Gasteiger partial charge is 0.506 e. The van der Waals surface area contributed by atoms with Crippen molar-refractivity contribution >= 4 is 27.5 Å². The zero-order valence-corrected chi connectivity index (χ0v) is 9.47. The average Bonchev–Trinajstić information content (AvgIpc) is 2.58. The SMILES string of the molecule is COC(=O)c1c(O)c2cc(C)sc2[nH]c1=O. The van der Waals surface area contributed by atoms with Crippen molar-refractivity contribution in [2.24, 2.45) is 0 Å². The van der Waals surface area contributed by atoms with E-state index in [0.29, 0.717) is 10.2 Å². The van der Waals surface area contributed by atoms with Crippen molar-refractivity contribution in [3.8, 4) is 5.75 Å². The summed E-state index contributed by atoms with van der Waals surface area (Å²) in [4.78, 5) is 26.9. The molecule has 0 unspecified atom stereocenters. The van der Waals surface area contributed by atoms with Crippen LogP contribution in [0.2, 0.25) is 0 Å². The number of ether oxygens (including phenoxy) is 1. The fourth-order valence-corrected chi connectivity index (χ4v) is 2.39. The molecule has 0 saturated heterocycles. The van der Waals surface area contributed by atoms with Crippen LogP contribution in [-0.4, -0.2) is 23.2 Å². The van der Waals surface area contributed by atoms with Crippen LogP contribution in [0.5, 0.6) is 5.75 Å².